The van der Waals surface area contributed by atoms with Gasteiger partial charge in [0, 0.05) is 17.1 Å². The number of benzene rings is 1. The quantitative estimate of drug-likeness (QED) is 0.450. The predicted octanol–water partition coefficient (Wildman–Crippen LogP) is 4.76. The van der Waals surface area contributed by atoms with Crippen molar-refractivity contribution in [1.82, 2.24) is 10.3 Å². The second-order valence-corrected chi connectivity index (χ2v) is 8.17. The lowest BCUT2D eigenvalue weighted by Gasteiger charge is -2.28. The second kappa shape index (κ2) is 7.64. The largest absolute Gasteiger partial charge is 0.383 e. The van der Waals surface area contributed by atoms with Gasteiger partial charge in [0.2, 0.25) is 0 Å². The first-order valence-electron chi connectivity index (χ1n) is 9.38. The van der Waals surface area contributed by atoms with E-state index in [4.69, 9.17) is 5.73 Å². The number of hydrogen-bond donors (Lipinski definition) is 3. The summed E-state index contributed by atoms with van der Waals surface area (Å²) < 4.78 is 0. The van der Waals surface area contributed by atoms with Crippen molar-refractivity contribution in [2.75, 3.05) is 13.6 Å². The van der Waals surface area contributed by atoms with E-state index < -0.39 is 0 Å². The summed E-state index contributed by atoms with van der Waals surface area (Å²) in [5, 5.41) is 6.64. The van der Waals surface area contributed by atoms with E-state index in [1.807, 2.05) is 23.6 Å². The Labute approximate surface area is 158 Å². The number of thiophene rings is 1. The molecule has 0 radical (unpaired) electrons. The molecule has 4 N–H and O–H groups in total. The molecule has 0 amide bonds. The molecule has 0 saturated heterocycles. The van der Waals surface area contributed by atoms with Crippen LogP contribution in [0.25, 0.3) is 10.9 Å². The number of rotatable bonds is 5. The maximum atomic E-state index is 6.16. The Morgan fingerprint density at radius 2 is 2.12 bits per heavy atom. The van der Waals surface area contributed by atoms with Crippen LogP contribution >= 0.6 is 11.3 Å². The van der Waals surface area contributed by atoms with E-state index in [1.54, 1.807) is 11.3 Å². The van der Waals surface area contributed by atoms with Crippen molar-refractivity contribution in [3.63, 3.8) is 0 Å². The molecular weight excluding hydrogens is 340 g/mol. The minimum absolute atomic E-state index is 0.587. The summed E-state index contributed by atoms with van der Waals surface area (Å²) in [7, 11) is 2.05. The molecule has 0 unspecified atom stereocenters. The van der Waals surface area contributed by atoms with Gasteiger partial charge in [-0.1, -0.05) is 6.07 Å². The fourth-order valence-electron chi connectivity index (χ4n) is 4.12. The van der Waals surface area contributed by atoms with E-state index in [9.17, 15) is 0 Å². The van der Waals surface area contributed by atoms with E-state index in [0.717, 1.165) is 23.0 Å². The molecule has 1 aliphatic carbocycles. The highest BCUT2D eigenvalue weighted by atomic mass is 32.1. The first-order chi connectivity index (χ1) is 12.7. The van der Waals surface area contributed by atoms with E-state index >= 15 is 0 Å². The average Bonchev–Trinajstić information content (AvgIpc) is 3.32. The van der Waals surface area contributed by atoms with Gasteiger partial charge in [-0.3, -0.25) is 0 Å². The van der Waals surface area contributed by atoms with Crippen LogP contribution in [0.4, 0.5) is 5.69 Å². The van der Waals surface area contributed by atoms with Gasteiger partial charge >= 0.3 is 0 Å². The van der Waals surface area contributed by atoms with Crippen LogP contribution in [0, 0.1) is 5.92 Å². The fraction of sp³-hybridized carbons (Fsp3) is 0.381. The second-order valence-electron chi connectivity index (χ2n) is 7.22. The Balaban J connectivity index is 1.58. The molecule has 4 rings (SSSR count). The van der Waals surface area contributed by atoms with Gasteiger partial charge in [-0.05, 0) is 86.3 Å². The summed E-state index contributed by atoms with van der Waals surface area (Å²) in [6.07, 6.45) is 7.35. The minimum atomic E-state index is 0.587. The minimum Gasteiger partial charge on any atom is -0.383 e. The Morgan fingerprint density at radius 3 is 2.85 bits per heavy atom. The monoisotopic (exact) mass is 366 g/mol. The van der Waals surface area contributed by atoms with Crippen molar-refractivity contribution in [3.05, 3.63) is 52.3 Å². The molecule has 3 aromatic rings. The van der Waals surface area contributed by atoms with Crippen molar-refractivity contribution in [2.24, 2.45) is 16.6 Å². The van der Waals surface area contributed by atoms with Gasteiger partial charge in [-0.2, -0.15) is 0 Å². The number of aromatic amines is 1. The number of amidine groups is 1. The number of nitrogens with zero attached hydrogens (tertiary/aromatic N) is 1. The predicted molar refractivity (Wildman–Crippen MR) is 112 cm³/mol. The van der Waals surface area contributed by atoms with E-state index in [-0.39, 0.29) is 0 Å². The van der Waals surface area contributed by atoms with Crippen molar-refractivity contribution in [3.8, 4) is 0 Å². The summed E-state index contributed by atoms with van der Waals surface area (Å²) in [5.74, 6) is 2.06. The number of hydrogen-bond acceptors (Lipinski definition) is 3. The van der Waals surface area contributed by atoms with Crippen LogP contribution in [0.3, 0.4) is 0 Å². The molecule has 1 fully saturated rings. The third kappa shape index (κ3) is 3.55. The van der Waals surface area contributed by atoms with Gasteiger partial charge in [0.15, 0.2) is 0 Å². The molecule has 26 heavy (non-hydrogen) atoms. The summed E-state index contributed by atoms with van der Waals surface area (Å²) in [6.45, 7) is 1.14. The van der Waals surface area contributed by atoms with Crippen molar-refractivity contribution >= 4 is 33.8 Å². The Kier molecular flexibility index (Phi) is 5.09. The normalized spacial score (nSPS) is 21.3. The molecule has 1 aromatic carbocycles. The number of fused-ring (bicyclic) bond motifs is 1. The molecule has 1 saturated carbocycles. The van der Waals surface area contributed by atoms with Crippen LogP contribution in [0.1, 0.15) is 42.0 Å². The smallest absolute Gasteiger partial charge is 0.141 e. The SMILES string of the molecule is CNCC1CCC(c2c[nH]c3ccc(N=C(N)c4cccs4)cc23)CC1. The molecular formula is C21H26N4S. The molecule has 4 nitrogen and oxygen atoms in total. The zero-order chi connectivity index (χ0) is 17.9. The van der Waals surface area contributed by atoms with Gasteiger partial charge < -0.3 is 16.0 Å². The topological polar surface area (TPSA) is 66.2 Å². The molecule has 136 valence electrons. The van der Waals surface area contributed by atoms with Crippen LogP contribution in [0.2, 0.25) is 0 Å². The van der Waals surface area contributed by atoms with Crippen LogP contribution < -0.4 is 11.1 Å². The summed E-state index contributed by atoms with van der Waals surface area (Å²) in [4.78, 5) is 9.09. The standard InChI is InChI=1S/C21H26N4S/c1-23-12-14-4-6-15(7-5-14)18-13-24-19-9-8-16(11-17(18)19)25-21(22)20-3-2-10-26-20/h2-3,8-11,13-15,23-24H,4-7,12H2,1H3,(H2,22,25). The maximum Gasteiger partial charge on any atom is 0.141 e. The molecule has 0 atom stereocenters. The lowest BCUT2D eigenvalue weighted by Crippen LogP contribution is -2.23. The number of nitrogens with one attached hydrogen (secondary N) is 2. The highest BCUT2D eigenvalue weighted by Gasteiger charge is 2.23. The highest BCUT2D eigenvalue weighted by Crippen LogP contribution is 2.39. The number of H-pyrrole nitrogens is 1. The van der Waals surface area contributed by atoms with Crippen molar-refractivity contribution < 1.29 is 0 Å². The van der Waals surface area contributed by atoms with Crippen LogP contribution in [-0.4, -0.2) is 24.4 Å². The summed E-state index contributed by atoms with van der Waals surface area (Å²) in [6, 6.07) is 10.3. The molecule has 2 aromatic heterocycles. The van der Waals surface area contributed by atoms with Gasteiger partial charge in [0.1, 0.15) is 5.84 Å². The number of nitrogens with two attached hydrogens (primary N) is 1. The Hall–Kier alpha value is -2.11. The zero-order valence-corrected chi connectivity index (χ0v) is 16.0. The molecule has 5 heteroatoms. The lowest BCUT2D eigenvalue weighted by atomic mass is 9.78. The molecule has 0 aliphatic heterocycles. The zero-order valence-electron chi connectivity index (χ0n) is 15.2. The van der Waals surface area contributed by atoms with E-state index in [1.165, 1.54) is 42.1 Å². The van der Waals surface area contributed by atoms with Crippen molar-refractivity contribution in [1.29, 1.82) is 0 Å². The van der Waals surface area contributed by atoms with Gasteiger partial charge in [0.05, 0.1) is 10.6 Å². The summed E-state index contributed by atoms with van der Waals surface area (Å²) >= 11 is 1.62. The van der Waals surface area contributed by atoms with E-state index in [0.29, 0.717) is 11.8 Å². The lowest BCUT2D eigenvalue weighted by molar-refractivity contribution is 0.321. The van der Waals surface area contributed by atoms with Gasteiger partial charge in [0.25, 0.3) is 0 Å². The van der Waals surface area contributed by atoms with Gasteiger partial charge in [-0.15, -0.1) is 11.3 Å². The van der Waals surface area contributed by atoms with Crippen LogP contribution in [-0.2, 0) is 0 Å². The summed E-state index contributed by atoms with van der Waals surface area (Å²) in [5.41, 5.74) is 9.71. The Bertz CT molecular complexity index is 886. The number of aliphatic imine (C=N–C) groups is 1. The number of aromatic nitrogens is 1. The third-order valence-electron chi connectivity index (χ3n) is 5.50. The maximum absolute atomic E-state index is 6.16. The molecule has 0 spiro atoms. The van der Waals surface area contributed by atoms with E-state index in [2.05, 4.69) is 40.7 Å². The molecule has 0 bridgehead atoms. The first kappa shape index (κ1) is 17.3. The van der Waals surface area contributed by atoms with Crippen LogP contribution in [0.5, 0.6) is 0 Å². The van der Waals surface area contributed by atoms with Gasteiger partial charge in [-0.25, -0.2) is 4.99 Å². The highest BCUT2D eigenvalue weighted by molar-refractivity contribution is 7.12. The first-order valence-corrected chi connectivity index (χ1v) is 10.3. The fourth-order valence-corrected chi connectivity index (χ4v) is 4.75. The van der Waals surface area contributed by atoms with Crippen molar-refractivity contribution in [2.45, 2.75) is 31.6 Å². The Morgan fingerprint density at radius 1 is 1.27 bits per heavy atom. The molecule has 1 aliphatic rings. The average molecular weight is 367 g/mol. The van der Waals surface area contributed by atoms with Crippen LogP contribution in [0.15, 0.2) is 46.9 Å². The third-order valence-corrected chi connectivity index (χ3v) is 6.39. The molecule has 2 heterocycles.